The standard InChI is InChI=1S/C13H16N2O2S/c14-9-6-11-10(15-13(16)17-11)7-12(9)18-8-4-2-1-3-5-8/h6-8H,1-5,14H2,(H,15,16). The highest BCUT2D eigenvalue weighted by atomic mass is 32.2. The molecule has 1 aliphatic carbocycles. The van der Waals surface area contributed by atoms with E-state index in [2.05, 4.69) is 4.98 Å². The summed E-state index contributed by atoms with van der Waals surface area (Å²) >= 11 is 1.83. The van der Waals surface area contributed by atoms with Crippen LogP contribution in [0.4, 0.5) is 5.69 Å². The maximum Gasteiger partial charge on any atom is 0.417 e. The van der Waals surface area contributed by atoms with E-state index in [0.29, 0.717) is 16.5 Å². The molecule has 96 valence electrons. The van der Waals surface area contributed by atoms with Crippen molar-refractivity contribution in [3.8, 4) is 0 Å². The summed E-state index contributed by atoms with van der Waals surface area (Å²) in [6.45, 7) is 0. The average molecular weight is 264 g/mol. The average Bonchev–Trinajstić information content (AvgIpc) is 2.70. The summed E-state index contributed by atoms with van der Waals surface area (Å²) in [5, 5.41) is 0.650. The summed E-state index contributed by atoms with van der Waals surface area (Å²) in [6.07, 6.45) is 6.47. The van der Waals surface area contributed by atoms with Gasteiger partial charge in [-0.1, -0.05) is 19.3 Å². The topological polar surface area (TPSA) is 72.0 Å². The minimum atomic E-state index is -0.427. The third kappa shape index (κ3) is 2.27. The molecule has 0 aliphatic heterocycles. The van der Waals surface area contributed by atoms with E-state index in [4.69, 9.17) is 10.2 Å². The van der Waals surface area contributed by atoms with E-state index in [0.717, 1.165) is 10.4 Å². The van der Waals surface area contributed by atoms with Crippen LogP contribution in [0, 0.1) is 0 Å². The molecule has 18 heavy (non-hydrogen) atoms. The van der Waals surface area contributed by atoms with Crippen LogP contribution in [-0.2, 0) is 0 Å². The summed E-state index contributed by atoms with van der Waals surface area (Å²) in [7, 11) is 0. The number of aromatic amines is 1. The Morgan fingerprint density at radius 3 is 2.83 bits per heavy atom. The molecule has 0 atom stereocenters. The van der Waals surface area contributed by atoms with Crippen molar-refractivity contribution in [2.45, 2.75) is 42.2 Å². The lowest BCUT2D eigenvalue weighted by molar-refractivity contribution is 0.516. The van der Waals surface area contributed by atoms with E-state index in [9.17, 15) is 4.79 Å². The second kappa shape index (κ2) is 4.72. The number of hydrogen-bond donors (Lipinski definition) is 2. The number of nitrogen functional groups attached to an aromatic ring is 1. The predicted molar refractivity (Wildman–Crippen MR) is 74.0 cm³/mol. The van der Waals surface area contributed by atoms with E-state index >= 15 is 0 Å². The summed E-state index contributed by atoms with van der Waals surface area (Å²) in [6, 6.07) is 3.66. The Morgan fingerprint density at radius 2 is 2.06 bits per heavy atom. The number of thioether (sulfide) groups is 1. The van der Waals surface area contributed by atoms with Crippen LogP contribution in [0.5, 0.6) is 0 Å². The Bertz CT molecular complexity index is 611. The van der Waals surface area contributed by atoms with Crippen LogP contribution in [0.1, 0.15) is 32.1 Å². The quantitative estimate of drug-likeness (QED) is 0.817. The molecule has 1 fully saturated rings. The van der Waals surface area contributed by atoms with Crippen LogP contribution in [0.25, 0.3) is 11.1 Å². The molecule has 1 aromatic carbocycles. The lowest BCUT2D eigenvalue weighted by Gasteiger charge is -2.21. The summed E-state index contributed by atoms with van der Waals surface area (Å²) in [4.78, 5) is 14.9. The molecule has 1 aromatic heterocycles. The maximum absolute atomic E-state index is 11.1. The molecule has 3 rings (SSSR count). The van der Waals surface area contributed by atoms with Gasteiger partial charge < -0.3 is 10.2 Å². The van der Waals surface area contributed by atoms with Crippen LogP contribution in [0.3, 0.4) is 0 Å². The molecule has 0 unspecified atom stereocenters. The van der Waals surface area contributed by atoms with Crippen molar-refractivity contribution in [1.29, 1.82) is 0 Å². The van der Waals surface area contributed by atoms with Gasteiger partial charge in [0.1, 0.15) is 0 Å². The van der Waals surface area contributed by atoms with E-state index in [-0.39, 0.29) is 0 Å². The molecular formula is C13H16N2O2S. The van der Waals surface area contributed by atoms with E-state index in [1.54, 1.807) is 6.07 Å². The number of fused-ring (bicyclic) bond motifs is 1. The Labute approximate surface area is 109 Å². The van der Waals surface area contributed by atoms with E-state index in [1.165, 1.54) is 32.1 Å². The fraction of sp³-hybridized carbons (Fsp3) is 0.462. The van der Waals surface area contributed by atoms with Crippen molar-refractivity contribution >= 4 is 28.5 Å². The number of anilines is 1. The number of oxazole rings is 1. The lowest BCUT2D eigenvalue weighted by Crippen LogP contribution is -2.08. The van der Waals surface area contributed by atoms with Crippen molar-refractivity contribution in [3.05, 3.63) is 22.7 Å². The number of benzene rings is 1. The van der Waals surface area contributed by atoms with Crippen LogP contribution >= 0.6 is 11.8 Å². The molecule has 2 aromatic rings. The first-order valence-electron chi connectivity index (χ1n) is 6.31. The van der Waals surface area contributed by atoms with Gasteiger partial charge in [0.2, 0.25) is 0 Å². The predicted octanol–water partition coefficient (Wildman–Crippen LogP) is 3.13. The van der Waals surface area contributed by atoms with E-state index < -0.39 is 5.76 Å². The molecule has 0 radical (unpaired) electrons. The number of nitrogens with two attached hydrogens (primary N) is 1. The Balaban J connectivity index is 1.90. The number of rotatable bonds is 2. The highest BCUT2D eigenvalue weighted by Gasteiger charge is 2.16. The maximum atomic E-state index is 11.1. The summed E-state index contributed by atoms with van der Waals surface area (Å²) < 4.78 is 4.99. The summed E-state index contributed by atoms with van der Waals surface area (Å²) in [5.41, 5.74) is 7.97. The molecule has 4 nitrogen and oxygen atoms in total. The SMILES string of the molecule is Nc1cc2oc(=O)[nH]c2cc1SC1CCCCC1. The van der Waals surface area contributed by atoms with Gasteiger partial charge in [0, 0.05) is 21.9 Å². The van der Waals surface area contributed by atoms with Crippen LogP contribution in [-0.4, -0.2) is 10.2 Å². The Kier molecular flexibility index (Phi) is 3.07. The fourth-order valence-electron chi connectivity index (χ4n) is 2.46. The van der Waals surface area contributed by atoms with Crippen molar-refractivity contribution < 1.29 is 4.42 Å². The Hall–Kier alpha value is -1.36. The number of aromatic nitrogens is 1. The van der Waals surface area contributed by atoms with Gasteiger partial charge in [0.15, 0.2) is 5.58 Å². The summed E-state index contributed by atoms with van der Waals surface area (Å²) in [5.74, 6) is -0.427. The molecule has 0 bridgehead atoms. The van der Waals surface area contributed by atoms with Gasteiger partial charge in [0.05, 0.1) is 5.52 Å². The second-order valence-electron chi connectivity index (χ2n) is 4.78. The molecule has 5 heteroatoms. The first-order chi connectivity index (χ1) is 8.72. The normalized spacial score (nSPS) is 17.3. The van der Waals surface area contributed by atoms with Crippen molar-refractivity contribution in [1.82, 2.24) is 4.98 Å². The van der Waals surface area contributed by atoms with Crippen LogP contribution in [0.15, 0.2) is 26.2 Å². The zero-order valence-corrected chi connectivity index (χ0v) is 10.9. The smallest absolute Gasteiger partial charge is 0.408 e. The Morgan fingerprint density at radius 1 is 1.28 bits per heavy atom. The molecular weight excluding hydrogens is 248 g/mol. The van der Waals surface area contributed by atoms with Gasteiger partial charge in [-0.05, 0) is 18.9 Å². The second-order valence-corrected chi connectivity index (χ2v) is 6.12. The molecule has 0 amide bonds. The number of H-pyrrole nitrogens is 1. The third-order valence-corrected chi connectivity index (χ3v) is 4.81. The highest BCUT2D eigenvalue weighted by Crippen LogP contribution is 2.37. The van der Waals surface area contributed by atoms with Crippen molar-refractivity contribution in [3.63, 3.8) is 0 Å². The highest BCUT2D eigenvalue weighted by molar-refractivity contribution is 8.00. The molecule has 0 spiro atoms. The molecule has 3 N–H and O–H groups in total. The van der Waals surface area contributed by atoms with Crippen LogP contribution < -0.4 is 11.5 Å². The third-order valence-electron chi connectivity index (χ3n) is 3.40. The van der Waals surface area contributed by atoms with Gasteiger partial charge in [0.25, 0.3) is 0 Å². The zero-order valence-electron chi connectivity index (χ0n) is 10.1. The first kappa shape index (κ1) is 11.7. The minimum Gasteiger partial charge on any atom is -0.408 e. The monoisotopic (exact) mass is 264 g/mol. The van der Waals surface area contributed by atoms with Crippen molar-refractivity contribution in [2.75, 3.05) is 5.73 Å². The van der Waals surface area contributed by atoms with Gasteiger partial charge in [-0.15, -0.1) is 11.8 Å². The lowest BCUT2D eigenvalue weighted by atomic mass is 10.0. The largest absolute Gasteiger partial charge is 0.417 e. The van der Waals surface area contributed by atoms with E-state index in [1.807, 2.05) is 17.8 Å². The van der Waals surface area contributed by atoms with Gasteiger partial charge >= 0.3 is 5.76 Å². The number of hydrogen-bond acceptors (Lipinski definition) is 4. The van der Waals surface area contributed by atoms with Gasteiger partial charge in [-0.3, -0.25) is 4.98 Å². The fourth-order valence-corrected chi connectivity index (χ4v) is 3.77. The van der Waals surface area contributed by atoms with Crippen LogP contribution in [0.2, 0.25) is 0 Å². The molecule has 1 saturated carbocycles. The van der Waals surface area contributed by atoms with Crippen molar-refractivity contribution in [2.24, 2.45) is 0 Å². The molecule has 1 aliphatic rings. The number of nitrogens with one attached hydrogen (secondary N) is 1. The molecule has 1 heterocycles. The van der Waals surface area contributed by atoms with Gasteiger partial charge in [-0.25, -0.2) is 4.79 Å². The zero-order chi connectivity index (χ0) is 12.5. The van der Waals surface area contributed by atoms with Gasteiger partial charge in [-0.2, -0.15) is 0 Å². The minimum absolute atomic E-state index is 0.427. The first-order valence-corrected chi connectivity index (χ1v) is 7.19. The molecule has 0 saturated heterocycles.